The maximum atomic E-state index is 12.5. The molecule has 0 bridgehead atoms. The molecule has 0 atom stereocenters. The molecule has 2 N–H and O–H groups in total. The van der Waals surface area contributed by atoms with Crippen molar-refractivity contribution in [1.82, 2.24) is 5.32 Å². The highest BCUT2D eigenvalue weighted by molar-refractivity contribution is 6.06. The molecular formula is C24H35N3O. The molecule has 4 heteroatoms. The third kappa shape index (κ3) is 7.38. The van der Waals surface area contributed by atoms with Crippen LogP contribution in [0.2, 0.25) is 0 Å². The van der Waals surface area contributed by atoms with Crippen LogP contribution < -0.4 is 10.6 Å². The number of carbonyl (C=O) groups excluding carboxylic acids is 1. The molecule has 0 unspecified atom stereocenters. The summed E-state index contributed by atoms with van der Waals surface area (Å²) in [5.41, 5.74) is 3.04. The number of nitrogens with zero attached hydrogens (tertiary/aromatic N) is 1. The molecule has 1 aliphatic carbocycles. The van der Waals surface area contributed by atoms with Gasteiger partial charge in [-0.25, -0.2) is 0 Å². The van der Waals surface area contributed by atoms with Gasteiger partial charge >= 0.3 is 0 Å². The van der Waals surface area contributed by atoms with Gasteiger partial charge in [-0.2, -0.15) is 5.26 Å². The maximum Gasteiger partial charge on any atom is 0.267 e. The topological polar surface area (TPSA) is 64.9 Å². The SMILES string of the molecule is Cc1cccc(NC(=O)/C(C#N)=C\NC2CCCCCCCCCCC2)c1C. The van der Waals surface area contributed by atoms with Gasteiger partial charge in [0.05, 0.1) is 0 Å². The summed E-state index contributed by atoms with van der Waals surface area (Å²) in [5.74, 6) is -0.350. The lowest BCUT2D eigenvalue weighted by atomic mass is 9.98. The Morgan fingerprint density at radius 2 is 1.57 bits per heavy atom. The van der Waals surface area contributed by atoms with Crippen molar-refractivity contribution in [2.45, 2.75) is 90.5 Å². The predicted molar refractivity (Wildman–Crippen MR) is 116 cm³/mol. The summed E-state index contributed by atoms with van der Waals surface area (Å²) in [6.07, 6.45) is 15.5. The maximum absolute atomic E-state index is 12.5. The Morgan fingerprint density at radius 1 is 1.00 bits per heavy atom. The molecular weight excluding hydrogens is 346 g/mol. The molecule has 0 aliphatic heterocycles. The highest BCUT2D eigenvalue weighted by Crippen LogP contribution is 2.19. The fourth-order valence-electron chi connectivity index (χ4n) is 3.76. The first-order valence-corrected chi connectivity index (χ1v) is 10.9. The van der Waals surface area contributed by atoms with E-state index >= 15 is 0 Å². The van der Waals surface area contributed by atoms with Gasteiger partial charge in [0.15, 0.2) is 0 Å². The minimum atomic E-state index is -0.350. The van der Waals surface area contributed by atoms with E-state index in [-0.39, 0.29) is 11.5 Å². The van der Waals surface area contributed by atoms with Crippen LogP contribution in [-0.4, -0.2) is 11.9 Å². The lowest BCUT2D eigenvalue weighted by Gasteiger charge is -2.18. The van der Waals surface area contributed by atoms with Crippen LogP contribution in [0.25, 0.3) is 0 Å². The van der Waals surface area contributed by atoms with Crippen LogP contribution in [0.5, 0.6) is 0 Å². The first kappa shape index (κ1) is 22.0. The van der Waals surface area contributed by atoms with Gasteiger partial charge in [0, 0.05) is 17.9 Å². The van der Waals surface area contributed by atoms with E-state index < -0.39 is 0 Å². The van der Waals surface area contributed by atoms with E-state index in [1.165, 1.54) is 57.8 Å². The summed E-state index contributed by atoms with van der Waals surface area (Å²) in [5, 5.41) is 15.7. The number of amides is 1. The quantitative estimate of drug-likeness (QED) is 0.503. The Morgan fingerprint density at radius 3 is 2.14 bits per heavy atom. The fourth-order valence-corrected chi connectivity index (χ4v) is 3.76. The van der Waals surface area contributed by atoms with Crippen LogP contribution in [0.15, 0.2) is 30.0 Å². The summed E-state index contributed by atoms with van der Waals surface area (Å²) in [6.45, 7) is 3.99. The Bertz CT molecular complexity index is 690. The van der Waals surface area contributed by atoms with Crippen molar-refractivity contribution in [3.63, 3.8) is 0 Å². The molecule has 0 spiro atoms. The van der Waals surface area contributed by atoms with Crippen molar-refractivity contribution >= 4 is 11.6 Å². The third-order valence-corrected chi connectivity index (χ3v) is 5.79. The Hall–Kier alpha value is -2.28. The summed E-state index contributed by atoms with van der Waals surface area (Å²) >= 11 is 0. The molecule has 152 valence electrons. The first-order chi connectivity index (χ1) is 13.6. The monoisotopic (exact) mass is 381 g/mol. The van der Waals surface area contributed by atoms with Crippen molar-refractivity contribution in [1.29, 1.82) is 5.26 Å². The highest BCUT2D eigenvalue weighted by Gasteiger charge is 2.13. The zero-order chi connectivity index (χ0) is 20.2. The molecule has 1 fully saturated rings. The zero-order valence-corrected chi connectivity index (χ0v) is 17.5. The molecule has 1 aromatic carbocycles. The number of carbonyl (C=O) groups is 1. The van der Waals surface area contributed by atoms with E-state index in [9.17, 15) is 10.1 Å². The number of nitriles is 1. The summed E-state index contributed by atoms with van der Waals surface area (Å²) < 4.78 is 0. The summed E-state index contributed by atoms with van der Waals surface area (Å²) in [7, 11) is 0. The average molecular weight is 382 g/mol. The highest BCUT2D eigenvalue weighted by atomic mass is 16.1. The zero-order valence-electron chi connectivity index (χ0n) is 17.5. The van der Waals surface area contributed by atoms with Gasteiger partial charge in [0.2, 0.25) is 0 Å². The third-order valence-electron chi connectivity index (χ3n) is 5.79. The largest absolute Gasteiger partial charge is 0.387 e. The van der Waals surface area contributed by atoms with Crippen LogP contribution in [-0.2, 0) is 4.79 Å². The van der Waals surface area contributed by atoms with Gasteiger partial charge in [-0.15, -0.1) is 0 Å². The van der Waals surface area contributed by atoms with E-state index in [4.69, 9.17) is 0 Å². The van der Waals surface area contributed by atoms with Crippen LogP contribution in [0.3, 0.4) is 0 Å². The Labute approximate surface area is 170 Å². The predicted octanol–water partition coefficient (Wildman–Crippen LogP) is 5.91. The first-order valence-electron chi connectivity index (χ1n) is 10.9. The second-order valence-electron chi connectivity index (χ2n) is 7.99. The second kappa shape index (κ2) is 12.2. The van der Waals surface area contributed by atoms with Crippen molar-refractivity contribution < 1.29 is 4.79 Å². The Kier molecular flexibility index (Phi) is 9.62. The number of aryl methyl sites for hydroxylation is 1. The van der Waals surface area contributed by atoms with Gasteiger partial charge in [0.1, 0.15) is 11.6 Å². The normalized spacial score (nSPS) is 17.7. The van der Waals surface area contributed by atoms with E-state index in [0.29, 0.717) is 6.04 Å². The summed E-state index contributed by atoms with van der Waals surface area (Å²) in [4.78, 5) is 12.5. The summed E-state index contributed by atoms with van der Waals surface area (Å²) in [6, 6.07) is 8.19. The van der Waals surface area contributed by atoms with Crippen molar-refractivity contribution in [3.05, 3.63) is 41.1 Å². The smallest absolute Gasteiger partial charge is 0.267 e. The lowest BCUT2D eigenvalue weighted by molar-refractivity contribution is -0.112. The van der Waals surface area contributed by atoms with Gasteiger partial charge in [-0.3, -0.25) is 4.79 Å². The van der Waals surface area contributed by atoms with E-state index in [2.05, 4.69) is 16.7 Å². The van der Waals surface area contributed by atoms with Gasteiger partial charge in [0.25, 0.3) is 5.91 Å². The number of benzene rings is 1. The van der Waals surface area contributed by atoms with Crippen LogP contribution in [0.4, 0.5) is 5.69 Å². The number of hydrogen-bond acceptors (Lipinski definition) is 3. The number of nitrogens with one attached hydrogen (secondary N) is 2. The van der Waals surface area contributed by atoms with Gasteiger partial charge in [-0.05, 0) is 43.9 Å². The van der Waals surface area contributed by atoms with Gasteiger partial charge in [-0.1, -0.05) is 69.9 Å². The van der Waals surface area contributed by atoms with Crippen molar-refractivity contribution in [2.24, 2.45) is 0 Å². The molecule has 0 radical (unpaired) electrons. The van der Waals surface area contributed by atoms with Crippen LogP contribution >= 0.6 is 0 Å². The van der Waals surface area contributed by atoms with E-state index in [1.807, 2.05) is 32.0 Å². The molecule has 28 heavy (non-hydrogen) atoms. The van der Waals surface area contributed by atoms with Crippen molar-refractivity contribution in [3.8, 4) is 6.07 Å². The van der Waals surface area contributed by atoms with E-state index in [0.717, 1.165) is 29.7 Å². The average Bonchev–Trinajstić information content (AvgIpc) is 2.67. The number of rotatable bonds is 4. The van der Waals surface area contributed by atoms with Crippen LogP contribution in [0, 0.1) is 25.2 Å². The van der Waals surface area contributed by atoms with Gasteiger partial charge < -0.3 is 10.6 Å². The molecule has 0 saturated heterocycles. The van der Waals surface area contributed by atoms with E-state index in [1.54, 1.807) is 6.20 Å². The minimum Gasteiger partial charge on any atom is -0.387 e. The lowest BCUT2D eigenvalue weighted by Crippen LogP contribution is -2.26. The molecule has 1 saturated carbocycles. The molecule has 0 aromatic heterocycles. The number of anilines is 1. The molecule has 0 heterocycles. The molecule has 2 rings (SSSR count). The standard InChI is InChI=1S/C24H35N3O/c1-19-13-12-16-23(20(19)2)27-24(28)21(17-25)18-26-22-14-10-8-6-4-3-5-7-9-11-15-22/h12-13,16,18,22,26H,3-11,14-15H2,1-2H3,(H,27,28)/b21-18-. The number of hydrogen-bond donors (Lipinski definition) is 2. The Balaban J connectivity index is 1.96. The minimum absolute atomic E-state index is 0.132. The molecule has 1 amide bonds. The van der Waals surface area contributed by atoms with Crippen molar-refractivity contribution in [2.75, 3.05) is 5.32 Å². The van der Waals surface area contributed by atoms with Crippen LogP contribution in [0.1, 0.15) is 81.8 Å². The molecule has 4 nitrogen and oxygen atoms in total. The molecule has 1 aliphatic rings. The molecule has 1 aromatic rings. The second-order valence-corrected chi connectivity index (χ2v) is 7.99. The fraction of sp³-hybridized carbons (Fsp3) is 0.583.